The molecule has 0 spiro atoms. The van der Waals surface area contributed by atoms with E-state index in [1.807, 2.05) is 6.92 Å². The predicted octanol–water partition coefficient (Wildman–Crippen LogP) is 2.24. The van der Waals surface area contributed by atoms with Gasteiger partial charge < -0.3 is 9.84 Å². The minimum absolute atomic E-state index is 0.205. The maximum Gasteiger partial charge on any atom is 0.329 e. The summed E-state index contributed by atoms with van der Waals surface area (Å²) in [6, 6.07) is 3.22. The number of rotatable bonds is 7. The summed E-state index contributed by atoms with van der Waals surface area (Å²) in [6.45, 7) is 5.92. The first-order chi connectivity index (χ1) is 9.03. The highest BCUT2D eigenvalue weighted by molar-refractivity contribution is 5.76. The molecule has 1 aromatic rings. The van der Waals surface area contributed by atoms with Crippen molar-refractivity contribution in [3.05, 3.63) is 28.7 Å². The zero-order valence-corrected chi connectivity index (χ0v) is 11.7. The summed E-state index contributed by atoms with van der Waals surface area (Å²) in [7, 11) is 0. The molecule has 1 aromatic heterocycles. The number of carboxylic acids is 1. The lowest BCUT2D eigenvalue weighted by Gasteiger charge is -2.29. The van der Waals surface area contributed by atoms with Crippen molar-refractivity contribution in [3.8, 4) is 5.75 Å². The van der Waals surface area contributed by atoms with Gasteiger partial charge in [-0.1, -0.05) is 20.8 Å². The highest BCUT2D eigenvalue weighted by Crippen LogP contribution is 2.24. The van der Waals surface area contributed by atoms with Crippen molar-refractivity contribution in [2.45, 2.75) is 45.6 Å². The van der Waals surface area contributed by atoms with E-state index in [-0.39, 0.29) is 11.3 Å². The van der Waals surface area contributed by atoms with E-state index in [0.717, 1.165) is 6.42 Å². The van der Waals surface area contributed by atoms with Crippen LogP contribution in [0.2, 0.25) is 0 Å². The molecular weight excluding hydrogens is 246 g/mol. The molecule has 0 fully saturated rings. The zero-order valence-electron chi connectivity index (χ0n) is 11.7. The second-order valence-corrected chi connectivity index (χ2v) is 4.44. The van der Waals surface area contributed by atoms with E-state index in [1.165, 1.54) is 10.8 Å². The van der Waals surface area contributed by atoms with Crippen LogP contribution in [0.25, 0.3) is 0 Å². The Morgan fingerprint density at radius 3 is 2.47 bits per heavy atom. The summed E-state index contributed by atoms with van der Waals surface area (Å²) in [4.78, 5) is 23.9. The van der Waals surface area contributed by atoms with Crippen molar-refractivity contribution in [2.75, 3.05) is 6.61 Å². The van der Waals surface area contributed by atoms with E-state index in [2.05, 4.69) is 0 Å². The summed E-state index contributed by atoms with van der Waals surface area (Å²) in [6.07, 6.45) is 2.99. The van der Waals surface area contributed by atoms with Crippen LogP contribution in [0.4, 0.5) is 0 Å². The molecule has 0 saturated carbocycles. The number of pyridine rings is 1. The molecule has 0 atom stereocenters. The van der Waals surface area contributed by atoms with Crippen molar-refractivity contribution in [1.82, 2.24) is 4.57 Å². The van der Waals surface area contributed by atoms with Crippen LogP contribution in [-0.2, 0) is 10.3 Å². The fourth-order valence-electron chi connectivity index (χ4n) is 2.13. The first-order valence-electron chi connectivity index (χ1n) is 6.61. The number of carboxylic acid groups (broad SMARTS) is 1. The molecule has 5 nitrogen and oxygen atoms in total. The molecular formula is C14H21NO4. The molecule has 0 aliphatic heterocycles. The Kier molecular flexibility index (Phi) is 5.15. The largest absolute Gasteiger partial charge is 0.488 e. The van der Waals surface area contributed by atoms with Crippen LogP contribution in [0.5, 0.6) is 5.75 Å². The lowest BCUT2D eigenvalue weighted by Crippen LogP contribution is -2.46. The number of carbonyl (C=O) groups is 1. The van der Waals surface area contributed by atoms with Crippen LogP contribution >= 0.6 is 0 Å². The van der Waals surface area contributed by atoms with E-state index in [9.17, 15) is 14.7 Å². The van der Waals surface area contributed by atoms with Crippen molar-refractivity contribution in [1.29, 1.82) is 0 Å². The van der Waals surface area contributed by atoms with E-state index in [4.69, 9.17) is 4.74 Å². The molecule has 5 heteroatoms. The van der Waals surface area contributed by atoms with Crippen molar-refractivity contribution >= 4 is 5.97 Å². The Morgan fingerprint density at radius 1 is 1.37 bits per heavy atom. The topological polar surface area (TPSA) is 68.5 Å². The lowest BCUT2D eigenvalue weighted by atomic mass is 9.92. The molecule has 0 amide bonds. The Bertz CT molecular complexity index is 488. The third-order valence-electron chi connectivity index (χ3n) is 3.40. The molecule has 1 rings (SSSR count). The first-order valence-corrected chi connectivity index (χ1v) is 6.61. The SMILES string of the molecule is CCCOc1cccn(C(CC)(CC)C(=O)O)c1=O. The van der Waals surface area contributed by atoms with Crippen LogP contribution < -0.4 is 10.3 Å². The molecule has 19 heavy (non-hydrogen) atoms. The molecule has 0 aliphatic carbocycles. The van der Waals surface area contributed by atoms with Crippen molar-refractivity contribution < 1.29 is 14.6 Å². The maximum atomic E-state index is 12.3. The second-order valence-electron chi connectivity index (χ2n) is 4.44. The van der Waals surface area contributed by atoms with Gasteiger partial charge in [0.25, 0.3) is 5.56 Å². The summed E-state index contributed by atoms with van der Waals surface area (Å²) >= 11 is 0. The molecule has 1 heterocycles. The van der Waals surface area contributed by atoms with Crippen LogP contribution in [0.15, 0.2) is 23.1 Å². The Labute approximate surface area is 112 Å². The fourth-order valence-corrected chi connectivity index (χ4v) is 2.13. The molecule has 1 N–H and O–H groups in total. The van der Waals surface area contributed by atoms with Crippen LogP contribution in [0.3, 0.4) is 0 Å². The third-order valence-corrected chi connectivity index (χ3v) is 3.40. The predicted molar refractivity (Wildman–Crippen MR) is 72.7 cm³/mol. The zero-order chi connectivity index (χ0) is 14.5. The van der Waals surface area contributed by atoms with Crippen molar-refractivity contribution in [3.63, 3.8) is 0 Å². The van der Waals surface area contributed by atoms with E-state index < -0.39 is 11.5 Å². The highest BCUT2D eigenvalue weighted by atomic mass is 16.5. The van der Waals surface area contributed by atoms with Crippen LogP contribution in [0.1, 0.15) is 40.0 Å². The Balaban J connectivity index is 3.33. The quantitative estimate of drug-likeness (QED) is 0.822. The van der Waals surface area contributed by atoms with E-state index in [0.29, 0.717) is 19.4 Å². The van der Waals surface area contributed by atoms with Gasteiger partial charge in [-0.2, -0.15) is 0 Å². The standard InChI is InChI=1S/C14H21NO4/c1-4-10-19-11-8-7-9-15(12(11)16)14(5-2,6-3)13(17)18/h7-9H,4-6,10H2,1-3H3,(H,17,18). The number of hydrogen-bond acceptors (Lipinski definition) is 3. The number of hydrogen-bond donors (Lipinski definition) is 1. The second kappa shape index (κ2) is 6.41. The fraction of sp³-hybridized carbons (Fsp3) is 0.571. The van der Waals surface area contributed by atoms with Gasteiger partial charge in [-0.3, -0.25) is 9.36 Å². The van der Waals surface area contributed by atoms with Crippen molar-refractivity contribution in [2.24, 2.45) is 0 Å². The normalized spacial score (nSPS) is 11.3. The average Bonchev–Trinajstić information content (AvgIpc) is 2.40. The molecule has 0 saturated heterocycles. The monoisotopic (exact) mass is 267 g/mol. The summed E-state index contributed by atoms with van der Waals surface area (Å²) < 4.78 is 6.64. The van der Waals surface area contributed by atoms with Gasteiger partial charge in [0, 0.05) is 6.20 Å². The lowest BCUT2D eigenvalue weighted by molar-refractivity contribution is -0.148. The molecule has 0 unspecified atom stereocenters. The summed E-state index contributed by atoms with van der Waals surface area (Å²) in [5.74, 6) is -0.788. The maximum absolute atomic E-state index is 12.3. The van der Waals surface area contributed by atoms with Gasteiger partial charge in [0.15, 0.2) is 5.75 Å². The minimum Gasteiger partial charge on any atom is -0.488 e. The van der Waals surface area contributed by atoms with Gasteiger partial charge in [0.1, 0.15) is 5.54 Å². The molecule has 0 radical (unpaired) electrons. The number of ether oxygens (including phenoxy) is 1. The molecule has 106 valence electrons. The van der Waals surface area contributed by atoms with Gasteiger partial charge in [0.2, 0.25) is 0 Å². The summed E-state index contributed by atoms with van der Waals surface area (Å²) in [5.41, 5.74) is -1.59. The number of aromatic nitrogens is 1. The van der Waals surface area contributed by atoms with Crippen LogP contribution in [-0.4, -0.2) is 22.2 Å². The van der Waals surface area contributed by atoms with Gasteiger partial charge in [-0.25, -0.2) is 4.79 Å². The number of aliphatic carboxylic acids is 1. The Morgan fingerprint density at radius 2 is 2.00 bits per heavy atom. The highest BCUT2D eigenvalue weighted by Gasteiger charge is 2.38. The minimum atomic E-state index is -1.21. The van der Waals surface area contributed by atoms with Gasteiger partial charge in [-0.05, 0) is 31.4 Å². The van der Waals surface area contributed by atoms with Gasteiger partial charge >= 0.3 is 5.97 Å². The Hall–Kier alpha value is -1.78. The smallest absolute Gasteiger partial charge is 0.329 e. The van der Waals surface area contributed by atoms with Gasteiger partial charge in [0.05, 0.1) is 6.61 Å². The molecule has 0 aromatic carbocycles. The molecule has 0 aliphatic rings. The third kappa shape index (κ3) is 2.80. The first kappa shape index (κ1) is 15.3. The number of nitrogens with zero attached hydrogens (tertiary/aromatic N) is 1. The summed E-state index contributed by atoms with van der Waals surface area (Å²) in [5, 5.41) is 9.47. The van der Waals surface area contributed by atoms with E-state index >= 15 is 0 Å². The average molecular weight is 267 g/mol. The van der Waals surface area contributed by atoms with Gasteiger partial charge in [-0.15, -0.1) is 0 Å². The van der Waals surface area contributed by atoms with Crippen LogP contribution in [0, 0.1) is 0 Å². The van der Waals surface area contributed by atoms with E-state index in [1.54, 1.807) is 26.0 Å². The molecule has 0 bridgehead atoms.